The number of nitrogens with zero attached hydrogens (tertiary/aromatic N) is 3. The Labute approximate surface area is 117 Å². The average Bonchev–Trinajstić information content (AvgIpc) is 2.87. The molecule has 0 spiro atoms. The van der Waals surface area contributed by atoms with Gasteiger partial charge in [-0.3, -0.25) is 4.90 Å². The topological polar surface area (TPSA) is 64.3 Å². The Hall–Kier alpha value is -0.850. The summed E-state index contributed by atoms with van der Waals surface area (Å²) in [5, 5.41) is 0. The second-order valence-electron chi connectivity index (χ2n) is 5.33. The zero-order valence-corrected chi connectivity index (χ0v) is 12.2. The number of nitrogens with two attached hydrogens (primary N) is 1. The van der Waals surface area contributed by atoms with Crippen LogP contribution >= 0.6 is 11.8 Å². The summed E-state index contributed by atoms with van der Waals surface area (Å²) >= 11 is 1.84. The van der Waals surface area contributed by atoms with Gasteiger partial charge >= 0.3 is 0 Å². The Morgan fingerprint density at radius 3 is 3.00 bits per heavy atom. The van der Waals surface area contributed by atoms with Crippen LogP contribution in [0.1, 0.15) is 37.0 Å². The lowest BCUT2D eigenvalue weighted by atomic mass is 10.2. The molecule has 1 unspecified atom stereocenters. The molecule has 104 valence electrons. The van der Waals surface area contributed by atoms with E-state index in [4.69, 9.17) is 10.5 Å². The second kappa shape index (κ2) is 5.26. The molecule has 3 heterocycles. The number of aromatic nitrogens is 2. The average molecular weight is 280 g/mol. The third-order valence-electron chi connectivity index (χ3n) is 3.74. The predicted octanol–water partition coefficient (Wildman–Crippen LogP) is 1.59. The van der Waals surface area contributed by atoms with Crippen LogP contribution in [-0.2, 0) is 16.2 Å². The zero-order valence-electron chi connectivity index (χ0n) is 11.4. The quantitative estimate of drug-likeness (QED) is 0.887. The van der Waals surface area contributed by atoms with E-state index in [1.807, 2.05) is 11.8 Å². The lowest BCUT2D eigenvalue weighted by Crippen LogP contribution is -2.42. The van der Waals surface area contributed by atoms with E-state index < -0.39 is 0 Å². The highest BCUT2D eigenvalue weighted by atomic mass is 32.2. The molecule has 5 nitrogen and oxygen atoms in total. The summed E-state index contributed by atoms with van der Waals surface area (Å²) in [5.74, 6) is 3.26. The smallest absolute Gasteiger partial charge is 0.161 e. The molecule has 2 N–H and O–H groups in total. The molecule has 1 aromatic heterocycles. The minimum Gasteiger partial charge on any atom is -0.383 e. The number of nitrogen functional groups attached to an aromatic ring is 1. The molecule has 2 aliphatic rings. The first-order valence-corrected chi connectivity index (χ1v) is 7.89. The Bertz CT molecular complexity index is 480. The van der Waals surface area contributed by atoms with Gasteiger partial charge in [-0.05, 0) is 13.8 Å². The summed E-state index contributed by atoms with van der Waals surface area (Å²) in [6.07, 6.45) is -0.0469. The van der Waals surface area contributed by atoms with Crippen molar-refractivity contribution in [2.24, 2.45) is 0 Å². The van der Waals surface area contributed by atoms with Crippen LogP contribution in [0.2, 0.25) is 0 Å². The Morgan fingerprint density at radius 1 is 1.37 bits per heavy atom. The molecule has 0 radical (unpaired) electrons. The van der Waals surface area contributed by atoms with Crippen LogP contribution in [-0.4, -0.2) is 40.6 Å². The Kier molecular flexibility index (Phi) is 3.64. The standard InChI is InChI=1S/C13H20N4OS/c1-8(2)17-3-4-18-11(5-17)13-15-10-7-19-6-9(10)12(14)16-13/h8,11H,3-7H2,1-2H3,(H2,14,15,16). The number of rotatable bonds is 2. The molecule has 0 bridgehead atoms. The summed E-state index contributed by atoms with van der Waals surface area (Å²) in [6, 6.07) is 0.522. The summed E-state index contributed by atoms with van der Waals surface area (Å²) in [7, 11) is 0. The van der Waals surface area contributed by atoms with Crippen molar-refractivity contribution >= 4 is 17.6 Å². The van der Waals surface area contributed by atoms with Gasteiger partial charge in [0.1, 0.15) is 11.9 Å². The van der Waals surface area contributed by atoms with Gasteiger partial charge in [-0.2, -0.15) is 11.8 Å². The summed E-state index contributed by atoms with van der Waals surface area (Å²) in [6.45, 7) is 6.97. The largest absolute Gasteiger partial charge is 0.383 e. The van der Waals surface area contributed by atoms with E-state index in [0.29, 0.717) is 11.9 Å². The van der Waals surface area contributed by atoms with Gasteiger partial charge in [0.05, 0.1) is 12.3 Å². The number of anilines is 1. The Balaban J connectivity index is 1.84. The fraction of sp³-hybridized carbons (Fsp3) is 0.692. The molecule has 0 aliphatic carbocycles. The highest BCUT2D eigenvalue weighted by Gasteiger charge is 2.28. The molecule has 0 saturated carbocycles. The predicted molar refractivity (Wildman–Crippen MR) is 76.8 cm³/mol. The van der Waals surface area contributed by atoms with E-state index in [1.54, 1.807) is 0 Å². The minimum absolute atomic E-state index is 0.0469. The van der Waals surface area contributed by atoms with Crippen molar-refractivity contribution in [3.05, 3.63) is 17.1 Å². The molecule has 3 rings (SSSR count). The number of hydrogen-bond acceptors (Lipinski definition) is 6. The lowest BCUT2D eigenvalue weighted by Gasteiger charge is -2.34. The van der Waals surface area contributed by atoms with Gasteiger partial charge in [0.15, 0.2) is 5.82 Å². The second-order valence-corrected chi connectivity index (χ2v) is 6.32. The van der Waals surface area contributed by atoms with Crippen molar-refractivity contribution in [2.75, 3.05) is 25.4 Å². The number of morpholine rings is 1. The monoisotopic (exact) mass is 280 g/mol. The third kappa shape index (κ3) is 2.57. The van der Waals surface area contributed by atoms with Crippen LogP contribution < -0.4 is 5.73 Å². The molecular formula is C13H20N4OS. The van der Waals surface area contributed by atoms with Crippen molar-refractivity contribution in [3.63, 3.8) is 0 Å². The van der Waals surface area contributed by atoms with Crippen molar-refractivity contribution in [3.8, 4) is 0 Å². The van der Waals surface area contributed by atoms with Gasteiger partial charge < -0.3 is 10.5 Å². The number of ether oxygens (including phenoxy) is 1. The maximum Gasteiger partial charge on any atom is 0.161 e. The van der Waals surface area contributed by atoms with Crippen LogP contribution in [0.4, 0.5) is 5.82 Å². The van der Waals surface area contributed by atoms with Crippen LogP contribution in [0.15, 0.2) is 0 Å². The highest BCUT2D eigenvalue weighted by Crippen LogP contribution is 2.33. The van der Waals surface area contributed by atoms with E-state index >= 15 is 0 Å². The van der Waals surface area contributed by atoms with Crippen LogP contribution in [0.5, 0.6) is 0 Å². The SMILES string of the molecule is CC(C)N1CCOC(c2nc(N)c3c(n2)CSC3)C1. The van der Waals surface area contributed by atoms with E-state index in [1.165, 1.54) is 0 Å². The van der Waals surface area contributed by atoms with Gasteiger partial charge in [-0.15, -0.1) is 0 Å². The fourth-order valence-corrected chi connectivity index (χ4v) is 3.59. The maximum absolute atomic E-state index is 6.04. The molecule has 1 saturated heterocycles. The zero-order chi connectivity index (χ0) is 13.4. The molecule has 19 heavy (non-hydrogen) atoms. The van der Waals surface area contributed by atoms with Crippen molar-refractivity contribution in [1.29, 1.82) is 0 Å². The molecular weight excluding hydrogens is 260 g/mol. The number of fused-ring (bicyclic) bond motifs is 1. The van der Waals surface area contributed by atoms with E-state index in [9.17, 15) is 0 Å². The molecule has 1 aromatic rings. The summed E-state index contributed by atoms with van der Waals surface area (Å²) in [5.41, 5.74) is 8.25. The molecule has 6 heteroatoms. The van der Waals surface area contributed by atoms with E-state index in [-0.39, 0.29) is 6.10 Å². The van der Waals surface area contributed by atoms with Crippen molar-refractivity contribution in [2.45, 2.75) is 37.5 Å². The number of thioether (sulfide) groups is 1. The Morgan fingerprint density at radius 2 is 2.21 bits per heavy atom. The minimum atomic E-state index is -0.0469. The van der Waals surface area contributed by atoms with Crippen LogP contribution in [0, 0.1) is 0 Å². The van der Waals surface area contributed by atoms with Gasteiger partial charge in [-0.25, -0.2) is 9.97 Å². The summed E-state index contributed by atoms with van der Waals surface area (Å²) < 4.78 is 5.83. The van der Waals surface area contributed by atoms with E-state index in [0.717, 1.165) is 48.3 Å². The van der Waals surface area contributed by atoms with Gasteiger partial charge in [0.25, 0.3) is 0 Å². The lowest BCUT2D eigenvalue weighted by molar-refractivity contribution is -0.0442. The first kappa shape index (κ1) is 13.1. The first-order chi connectivity index (χ1) is 9.15. The molecule has 1 atom stereocenters. The summed E-state index contributed by atoms with van der Waals surface area (Å²) in [4.78, 5) is 11.5. The molecule has 0 amide bonds. The van der Waals surface area contributed by atoms with Gasteiger partial charge in [0.2, 0.25) is 0 Å². The maximum atomic E-state index is 6.04. The van der Waals surface area contributed by atoms with Crippen molar-refractivity contribution < 1.29 is 4.74 Å². The van der Waals surface area contributed by atoms with Crippen molar-refractivity contribution in [1.82, 2.24) is 14.9 Å². The highest BCUT2D eigenvalue weighted by molar-refractivity contribution is 7.98. The normalized spacial score (nSPS) is 23.8. The van der Waals surface area contributed by atoms with E-state index in [2.05, 4.69) is 28.7 Å². The third-order valence-corrected chi connectivity index (χ3v) is 4.71. The fourth-order valence-electron chi connectivity index (χ4n) is 2.53. The molecule has 1 fully saturated rings. The van der Waals surface area contributed by atoms with Gasteiger partial charge in [-0.1, -0.05) is 0 Å². The molecule has 2 aliphatic heterocycles. The van der Waals surface area contributed by atoms with Crippen LogP contribution in [0.3, 0.4) is 0 Å². The molecule has 0 aromatic carbocycles. The van der Waals surface area contributed by atoms with Gasteiger partial charge in [0, 0.05) is 36.2 Å². The van der Waals surface area contributed by atoms with Crippen LogP contribution in [0.25, 0.3) is 0 Å². The first-order valence-electron chi connectivity index (χ1n) is 6.73. The number of hydrogen-bond donors (Lipinski definition) is 1.